The van der Waals surface area contributed by atoms with Crippen LogP contribution < -0.4 is 4.90 Å². The molecule has 1 amide bonds. The number of benzene rings is 1. The van der Waals surface area contributed by atoms with Gasteiger partial charge in [0.05, 0.1) is 12.1 Å². The predicted molar refractivity (Wildman–Crippen MR) is 97.1 cm³/mol. The van der Waals surface area contributed by atoms with E-state index in [-0.39, 0.29) is 5.91 Å². The largest absolute Gasteiger partial charge is 0.478 e. The fourth-order valence-corrected chi connectivity index (χ4v) is 3.70. The summed E-state index contributed by atoms with van der Waals surface area (Å²) in [6.07, 6.45) is 3.65. The quantitative estimate of drug-likeness (QED) is 0.903. The number of hydrogen-bond donors (Lipinski definition) is 1. The maximum absolute atomic E-state index is 12.6. The lowest BCUT2D eigenvalue weighted by Crippen LogP contribution is -2.52. The van der Waals surface area contributed by atoms with Crippen molar-refractivity contribution in [2.75, 3.05) is 44.2 Å². The molecule has 0 bridgehead atoms. The van der Waals surface area contributed by atoms with Crippen molar-refractivity contribution in [2.24, 2.45) is 0 Å². The van der Waals surface area contributed by atoms with Crippen LogP contribution in [0.3, 0.4) is 0 Å². The molecule has 0 aromatic heterocycles. The lowest BCUT2D eigenvalue weighted by Gasteiger charge is -2.38. The number of likely N-dealkylation sites (tertiary alicyclic amines) is 1. The second-order valence-electron chi connectivity index (χ2n) is 7.04. The minimum Gasteiger partial charge on any atom is -0.478 e. The summed E-state index contributed by atoms with van der Waals surface area (Å²) in [4.78, 5) is 30.0. The summed E-state index contributed by atoms with van der Waals surface area (Å²) in [5.74, 6) is -0.677. The van der Waals surface area contributed by atoms with Gasteiger partial charge < -0.3 is 14.9 Å². The fraction of sp³-hybridized carbons (Fsp3) is 0.579. The monoisotopic (exact) mass is 345 g/mol. The number of rotatable bonds is 4. The van der Waals surface area contributed by atoms with E-state index in [2.05, 4.69) is 16.7 Å². The molecule has 0 aliphatic carbocycles. The highest BCUT2D eigenvalue weighted by atomic mass is 16.4. The number of aromatic carboxylic acids is 1. The molecular weight excluding hydrogens is 318 g/mol. The van der Waals surface area contributed by atoms with Crippen LogP contribution in [0.2, 0.25) is 0 Å². The lowest BCUT2D eigenvalue weighted by molar-refractivity contribution is -0.133. The third-order valence-electron chi connectivity index (χ3n) is 5.39. The standard InChI is InChI=1S/C19H27N3O3/c1-15-4-2-3-9-22(15)14-18(23)21-12-10-20(11-13-21)17-7-5-16(6-8-17)19(24)25/h5-8,15H,2-4,9-14H2,1H3,(H,24,25)/t15-/m0/s1. The van der Waals surface area contributed by atoms with Crippen LogP contribution in [0.5, 0.6) is 0 Å². The fourth-order valence-electron chi connectivity index (χ4n) is 3.70. The van der Waals surface area contributed by atoms with Crippen molar-refractivity contribution >= 4 is 17.6 Å². The number of carboxylic acids is 1. The number of anilines is 1. The van der Waals surface area contributed by atoms with Gasteiger partial charge in [-0.2, -0.15) is 0 Å². The number of nitrogens with zero attached hydrogens (tertiary/aromatic N) is 3. The van der Waals surface area contributed by atoms with Gasteiger partial charge in [-0.15, -0.1) is 0 Å². The summed E-state index contributed by atoms with van der Waals surface area (Å²) in [5, 5.41) is 8.97. The van der Waals surface area contributed by atoms with E-state index >= 15 is 0 Å². The van der Waals surface area contributed by atoms with Crippen molar-refractivity contribution in [1.29, 1.82) is 0 Å². The van der Waals surface area contributed by atoms with E-state index in [4.69, 9.17) is 5.11 Å². The van der Waals surface area contributed by atoms with Crippen LogP contribution in [0, 0.1) is 0 Å². The molecule has 1 N–H and O–H groups in total. The minimum atomic E-state index is -0.908. The van der Waals surface area contributed by atoms with Crippen LogP contribution in [0.1, 0.15) is 36.5 Å². The van der Waals surface area contributed by atoms with Gasteiger partial charge in [0.2, 0.25) is 5.91 Å². The second-order valence-corrected chi connectivity index (χ2v) is 7.04. The molecule has 3 rings (SSSR count). The maximum Gasteiger partial charge on any atom is 0.335 e. The van der Waals surface area contributed by atoms with E-state index in [1.165, 1.54) is 19.3 Å². The summed E-state index contributed by atoms with van der Waals surface area (Å²) >= 11 is 0. The third-order valence-corrected chi connectivity index (χ3v) is 5.39. The summed E-state index contributed by atoms with van der Waals surface area (Å²) in [6, 6.07) is 7.46. The van der Waals surface area contributed by atoms with Crippen molar-refractivity contribution in [2.45, 2.75) is 32.2 Å². The molecule has 0 saturated carbocycles. The van der Waals surface area contributed by atoms with E-state index in [0.717, 1.165) is 38.4 Å². The van der Waals surface area contributed by atoms with E-state index in [1.807, 2.05) is 17.0 Å². The summed E-state index contributed by atoms with van der Waals surface area (Å²) in [5.41, 5.74) is 1.31. The van der Waals surface area contributed by atoms with E-state index in [1.54, 1.807) is 12.1 Å². The van der Waals surface area contributed by atoms with Gasteiger partial charge in [-0.05, 0) is 50.6 Å². The Balaban J connectivity index is 1.51. The SMILES string of the molecule is C[C@H]1CCCCN1CC(=O)N1CCN(c2ccc(C(=O)O)cc2)CC1. The maximum atomic E-state index is 12.6. The number of carbonyl (C=O) groups excluding carboxylic acids is 1. The summed E-state index contributed by atoms with van der Waals surface area (Å²) < 4.78 is 0. The molecule has 2 fully saturated rings. The van der Waals surface area contributed by atoms with Gasteiger partial charge in [0, 0.05) is 37.9 Å². The Hall–Kier alpha value is -2.08. The molecule has 1 aromatic rings. The zero-order valence-electron chi connectivity index (χ0n) is 14.9. The Kier molecular flexibility index (Phi) is 5.58. The molecule has 1 aromatic carbocycles. The molecule has 0 unspecified atom stereocenters. The van der Waals surface area contributed by atoms with Crippen LogP contribution in [0.15, 0.2) is 24.3 Å². The average molecular weight is 345 g/mol. The van der Waals surface area contributed by atoms with Gasteiger partial charge >= 0.3 is 5.97 Å². The normalized spacial score (nSPS) is 22.0. The zero-order chi connectivity index (χ0) is 17.8. The molecule has 1 atom stereocenters. The van der Waals surface area contributed by atoms with Crippen LogP contribution >= 0.6 is 0 Å². The van der Waals surface area contributed by atoms with Crippen LogP contribution in [-0.2, 0) is 4.79 Å². The van der Waals surface area contributed by atoms with Crippen molar-refractivity contribution in [3.63, 3.8) is 0 Å². The Bertz CT molecular complexity index is 609. The molecule has 0 spiro atoms. The van der Waals surface area contributed by atoms with Gasteiger partial charge in [0.25, 0.3) is 0 Å². The van der Waals surface area contributed by atoms with Crippen molar-refractivity contribution < 1.29 is 14.7 Å². The van der Waals surface area contributed by atoms with Crippen LogP contribution in [0.25, 0.3) is 0 Å². The number of hydrogen-bond acceptors (Lipinski definition) is 4. The first-order valence-corrected chi connectivity index (χ1v) is 9.15. The first-order chi connectivity index (χ1) is 12.0. The first kappa shape index (κ1) is 17.7. The number of amides is 1. The molecule has 2 heterocycles. The molecule has 0 radical (unpaired) electrons. The molecule has 136 valence electrons. The van der Waals surface area contributed by atoms with E-state index in [0.29, 0.717) is 18.2 Å². The molecule has 2 aliphatic rings. The Labute approximate surface area is 149 Å². The van der Waals surface area contributed by atoms with Gasteiger partial charge in [-0.1, -0.05) is 6.42 Å². The molecule has 2 saturated heterocycles. The highest BCUT2D eigenvalue weighted by Crippen LogP contribution is 2.19. The van der Waals surface area contributed by atoms with Gasteiger partial charge in [0.15, 0.2) is 0 Å². The van der Waals surface area contributed by atoms with Crippen molar-refractivity contribution in [3.05, 3.63) is 29.8 Å². The first-order valence-electron chi connectivity index (χ1n) is 9.15. The van der Waals surface area contributed by atoms with Crippen LogP contribution in [0.4, 0.5) is 5.69 Å². The van der Waals surface area contributed by atoms with Gasteiger partial charge in [-0.25, -0.2) is 4.79 Å². The van der Waals surface area contributed by atoms with Gasteiger partial charge in [-0.3, -0.25) is 9.69 Å². The smallest absolute Gasteiger partial charge is 0.335 e. The summed E-state index contributed by atoms with van der Waals surface area (Å²) in [6.45, 7) is 6.80. The second kappa shape index (κ2) is 7.87. The molecule has 6 heteroatoms. The van der Waals surface area contributed by atoms with Crippen molar-refractivity contribution in [1.82, 2.24) is 9.80 Å². The Morgan fingerprint density at radius 2 is 1.72 bits per heavy atom. The van der Waals surface area contributed by atoms with Crippen LogP contribution in [-0.4, -0.2) is 72.1 Å². The van der Waals surface area contributed by atoms with Gasteiger partial charge in [0.1, 0.15) is 0 Å². The average Bonchev–Trinajstić information content (AvgIpc) is 2.64. The Morgan fingerprint density at radius 1 is 1.04 bits per heavy atom. The summed E-state index contributed by atoms with van der Waals surface area (Å²) in [7, 11) is 0. The zero-order valence-corrected chi connectivity index (χ0v) is 14.9. The predicted octanol–water partition coefficient (Wildman–Crippen LogP) is 1.91. The lowest BCUT2D eigenvalue weighted by atomic mass is 10.0. The number of carboxylic acid groups (broad SMARTS) is 1. The highest BCUT2D eigenvalue weighted by molar-refractivity contribution is 5.88. The van der Waals surface area contributed by atoms with E-state index < -0.39 is 5.97 Å². The Morgan fingerprint density at radius 3 is 2.32 bits per heavy atom. The molecular formula is C19H27N3O3. The molecule has 6 nitrogen and oxygen atoms in total. The minimum absolute atomic E-state index is 0.231. The molecule has 2 aliphatic heterocycles. The van der Waals surface area contributed by atoms with E-state index in [9.17, 15) is 9.59 Å². The number of carbonyl (C=O) groups is 2. The molecule has 25 heavy (non-hydrogen) atoms. The topological polar surface area (TPSA) is 64.1 Å². The number of piperidine rings is 1. The number of piperazine rings is 1. The highest BCUT2D eigenvalue weighted by Gasteiger charge is 2.26. The third kappa shape index (κ3) is 4.31. The van der Waals surface area contributed by atoms with Crippen molar-refractivity contribution in [3.8, 4) is 0 Å².